The Morgan fingerprint density at radius 3 is 2.52 bits per heavy atom. The van der Waals surface area contributed by atoms with Crippen molar-refractivity contribution in [1.29, 1.82) is 0 Å². The molecule has 0 atom stereocenters. The van der Waals surface area contributed by atoms with Crippen molar-refractivity contribution in [2.24, 2.45) is 0 Å². The van der Waals surface area contributed by atoms with Crippen LogP contribution in [0, 0.1) is 12.7 Å². The van der Waals surface area contributed by atoms with E-state index in [2.05, 4.69) is 13.0 Å². The Bertz CT molecular complexity index is 1230. The molecule has 0 aliphatic carbocycles. The molecule has 0 N–H and O–H groups in total. The number of para-hydroxylation sites is 1. The average Bonchev–Trinajstić information content (AvgIpc) is 3.49. The Labute approximate surface area is 179 Å². The van der Waals surface area contributed by atoms with Gasteiger partial charge in [0.15, 0.2) is 6.61 Å². The Morgan fingerprint density at radius 1 is 1.03 bits per heavy atom. The number of benzene rings is 2. The molecular formula is C24H21FN4O2. The molecule has 1 aliphatic rings. The Hall–Kier alpha value is -3.87. The van der Waals surface area contributed by atoms with Crippen molar-refractivity contribution in [3.63, 3.8) is 0 Å². The van der Waals surface area contributed by atoms with E-state index in [9.17, 15) is 9.18 Å². The summed E-state index contributed by atoms with van der Waals surface area (Å²) in [5.41, 5.74) is 4.03. The SMILES string of the molecule is Cc1ccccc1-n1nc2c(c1-n1cccc1)CN(C(=O)COc1ccc(F)cc1)C2. The van der Waals surface area contributed by atoms with Gasteiger partial charge in [0.2, 0.25) is 0 Å². The van der Waals surface area contributed by atoms with Gasteiger partial charge in [0.05, 0.1) is 24.5 Å². The minimum atomic E-state index is -0.341. The highest BCUT2D eigenvalue weighted by molar-refractivity contribution is 5.78. The zero-order valence-electron chi connectivity index (χ0n) is 17.0. The van der Waals surface area contributed by atoms with Gasteiger partial charge in [0.1, 0.15) is 17.4 Å². The second kappa shape index (κ2) is 7.75. The van der Waals surface area contributed by atoms with E-state index in [1.54, 1.807) is 4.90 Å². The number of aryl methyl sites for hydroxylation is 1. The highest BCUT2D eigenvalue weighted by Gasteiger charge is 2.31. The topological polar surface area (TPSA) is 52.3 Å². The van der Waals surface area contributed by atoms with Crippen LogP contribution in [0.5, 0.6) is 5.75 Å². The monoisotopic (exact) mass is 416 g/mol. The van der Waals surface area contributed by atoms with Gasteiger partial charge in [-0.15, -0.1) is 0 Å². The average molecular weight is 416 g/mol. The second-order valence-electron chi connectivity index (χ2n) is 7.53. The molecule has 2 aromatic heterocycles. The zero-order chi connectivity index (χ0) is 21.4. The molecule has 2 aromatic carbocycles. The summed E-state index contributed by atoms with van der Waals surface area (Å²) in [7, 11) is 0. The number of hydrogen-bond donors (Lipinski definition) is 0. The number of halogens is 1. The lowest BCUT2D eigenvalue weighted by Crippen LogP contribution is -2.31. The van der Waals surface area contributed by atoms with E-state index in [0.717, 1.165) is 28.3 Å². The van der Waals surface area contributed by atoms with Gasteiger partial charge < -0.3 is 14.2 Å². The first-order chi connectivity index (χ1) is 15.1. The summed E-state index contributed by atoms with van der Waals surface area (Å²) in [5, 5.41) is 4.86. The lowest BCUT2D eigenvalue weighted by molar-refractivity contribution is -0.134. The van der Waals surface area contributed by atoms with Crippen molar-refractivity contribution >= 4 is 5.91 Å². The molecule has 1 amide bonds. The molecule has 0 bridgehead atoms. The Kier molecular flexibility index (Phi) is 4.78. The van der Waals surface area contributed by atoms with Gasteiger partial charge in [-0.1, -0.05) is 18.2 Å². The van der Waals surface area contributed by atoms with Crippen LogP contribution in [0.2, 0.25) is 0 Å². The molecule has 3 heterocycles. The van der Waals surface area contributed by atoms with Crippen molar-refractivity contribution < 1.29 is 13.9 Å². The van der Waals surface area contributed by atoms with Crippen molar-refractivity contribution in [3.05, 3.63) is 95.7 Å². The van der Waals surface area contributed by atoms with Crippen LogP contribution < -0.4 is 4.74 Å². The van der Waals surface area contributed by atoms with Crippen molar-refractivity contribution in [3.8, 4) is 17.3 Å². The quantitative estimate of drug-likeness (QED) is 0.494. The molecule has 0 radical (unpaired) electrons. The molecule has 5 rings (SSSR count). The summed E-state index contributed by atoms with van der Waals surface area (Å²) >= 11 is 0. The van der Waals surface area contributed by atoms with Crippen LogP contribution in [0.25, 0.3) is 11.5 Å². The third-order valence-electron chi connectivity index (χ3n) is 5.45. The maximum absolute atomic E-state index is 13.0. The van der Waals surface area contributed by atoms with E-state index in [0.29, 0.717) is 18.8 Å². The standard InChI is InChI=1S/C24H21FN4O2/c1-17-6-2-3-7-22(17)29-24(27-12-4-5-13-27)20-14-28(15-21(20)26-29)23(30)16-31-19-10-8-18(25)9-11-19/h2-13H,14-16H2,1H3. The molecule has 0 spiro atoms. The highest BCUT2D eigenvalue weighted by atomic mass is 19.1. The van der Waals surface area contributed by atoms with Gasteiger partial charge in [0.25, 0.3) is 5.91 Å². The summed E-state index contributed by atoms with van der Waals surface area (Å²) in [5.74, 6) is 0.920. The zero-order valence-corrected chi connectivity index (χ0v) is 17.0. The van der Waals surface area contributed by atoms with Crippen LogP contribution in [0.3, 0.4) is 0 Å². The summed E-state index contributed by atoms with van der Waals surface area (Å²) in [4.78, 5) is 14.5. The van der Waals surface area contributed by atoms with E-state index < -0.39 is 0 Å². The summed E-state index contributed by atoms with van der Waals surface area (Å²) < 4.78 is 22.6. The number of hydrogen-bond acceptors (Lipinski definition) is 3. The first-order valence-electron chi connectivity index (χ1n) is 10.1. The predicted molar refractivity (Wildman–Crippen MR) is 114 cm³/mol. The fourth-order valence-electron chi connectivity index (χ4n) is 3.86. The summed E-state index contributed by atoms with van der Waals surface area (Å²) in [6.07, 6.45) is 3.96. The number of carbonyl (C=O) groups excluding carboxylic acids is 1. The Balaban J connectivity index is 1.40. The highest BCUT2D eigenvalue weighted by Crippen LogP contribution is 2.31. The number of rotatable bonds is 5. The van der Waals surface area contributed by atoms with Crippen molar-refractivity contribution in [2.45, 2.75) is 20.0 Å². The van der Waals surface area contributed by atoms with Crippen molar-refractivity contribution in [1.82, 2.24) is 19.2 Å². The molecule has 0 saturated carbocycles. The van der Waals surface area contributed by atoms with Crippen LogP contribution in [-0.2, 0) is 17.9 Å². The van der Waals surface area contributed by atoms with Gasteiger partial charge in [0, 0.05) is 18.0 Å². The first kappa shape index (κ1) is 19.1. The van der Waals surface area contributed by atoms with Gasteiger partial charge in [-0.05, 0) is 55.0 Å². The lowest BCUT2D eigenvalue weighted by atomic mass is 10.2. The van der Waals surface area contributed by atoms with Crippen molar-refractivity contribution in [2.75, 3.05) is 6.61 Å². The molecular weight excluding hydrogens is 395 g/mol. The number of nitrogens with zero attached hydrogens (tertiary/aromatic N) is 4. The normalized spacial score (nSPS) is 12.8. The minimum absolute atomic E-state index is 0.105. The molecule has 4 aromatic rings. The second-order valence-corrected chi connectivity index (χ2v) is 7.53. The maximum Gasteiger partial charge on any atom is 0.261 e. The molecule has 6 nitrogen and oxygen atoms in total. The molecule has 156 valence electrons. The smallest absolute Gasteiger partial charge is 0.261 e. The van der Waals surface area contributed by atoms with E-state index >= 15 is 0 Å². The van der Waals surface area contributed by atoms with Crippen LogP contribution in [0.15, 0.2) is 73.1 Å². The van der Waals surface area contributed by atoms with Gasteiger partial charge in [-0.3, -0.25) is 4.79 Å². The van der Waals surface area contributed by atoms with E-state index in [4.69, 9.17) is 9.84 Å². The van der Waals surface area contributed by atoms with Gasteiger partial charge >= 0.3 is 0 Å². The number of ether oxygens (including phenoxy) is 1. The summed E-state index contributed by atoms with van der Waals surface area (Å²) in [6.45, 7) is 2.84. The number of carbonyl (C=O) groups is 1. The molecule has 0 fully saturated rings. The van der Waals surface area contributed by atoms with E-state index in [1.807, 2.05) is 52.0 Å². The largest absolute Gasteiger partial charge is 0.484 e. The molecule has 31 heavy (non-hydrogen) atoms. The van der Waals surface area contributed by atoms with Crippen LogP contribution in [0.4, 0.5) is 4.39 Å². The molecule has 7 heteroatoms. The van der Waals surface area contributed by atoms with Gasteiger partial charge in [-0.2, -0.15) is 5.10 Å². The molecule has 0 unspecified atom stereocenters. The fourth-order valence-corrected chi connectivity index (χ4v) is 3.86. The number of fused-ring (bicyclic) bond motifs is 1. The van der Waals surface area contributed by atoms with Gasteiger partial charge in [-0.25, -0.2) is 9.07 Å². The predicted octanol–water partition coefficient (Wildman–Crippen LogP) is 4.03. The summed E-state index contributed by atoms with van der Waals surface area (Å²) in [6, 6.07) is 17.7. The van der Waals surface area contributed by atoms with Crippen LogP contribution in [0.1, 0.15) is 16.8 Å². The minimum Gasteiger partial charge on any atom is -0.484 e. The Morgan fingerprint density at radius 2 is 1.77 bits per heavy atom. The van der Waals surface area contributed by atoms with Crippen LogP contribution in [-0.4, -0.2) is 31.8 Å². The third kappa shape index (κ3) is 3.59. The maximum atomic E-state index is 13.0. The number of amides is 1. The molecule has 1 aliphatic heterocycles. The number of aromatic nitrogens is 3. The van der Waals surface area contributed by atoms with E-state index in [-0.39, 0.29) is 18.3 Å². The fraction of sp³-hybridized carbons (Fsp3) is 0.167. The van der Waals surface area contributed by atoms with E-state index in [1.165, 1.54) is 24.3 Å². The first-order valence-corrected chi connectivity index (χ1v) is 10.1. The lowest BCUT2D eigenvalue weighted by Gasteiger charge is -2.18. The third-order valence-corrected chi connectivity index (χ3v) is 5.45. The molecule has 0 saturated heterocycles. The van der Waals surface area contributed by atoms with Crippen LogP contribution >= 0.6 is 0 Å².